The fourth-order valence-corrected chi connectivity index (χ4v) is 6.00. The van der Waals surface area contributed by atoms with Crippen molar-refractivity contribution in [3.63, 3.8) is 0 Å². The molecule has 0 radical (unpaired) electrons. The Morgan fingerprint density at radius 1 is 1.21 bits per heavy atom. The molecule has 210 valence electrons. The Bertz CT molecular complexity index is 1310. The highest BCUT2D eigenvalue weighted by Crippen LogP contribution is 2.37. The summed E-state index contributed by atoms with van der Waals surface area (Å²) in [6, 6.07) is 7.60. The van der Waals surface area contributed by atoms with Gasteiger partial charge in [-0.2, -0.15) is 0 Å². The van der Waals surface area contributed by atoms with E-state index in [0.29, 0.717) is 11.5 Å². The second kappa shape index (κ2) is 11.2. The summed E-state index contributed by atoms with van der Waals surface area (Å²) >= 11 is 1.56. The molecule has 1 aromatic carbocycles. The Labute approximate surface area is 232 Å². The number of amides is 2. The van der Waals surface area contributed by atoms with Crippen LogP contribution >= 0.6 is 11.3 Å². The van der Waals surface area contributed by atoms with E-state index in [0.717, 1.165) is 26.6 Å². The summed E-state index contributed by atoms with van der Waals surface area (Å²) in [6.45, 7) is 13.1. The van der Waals surface area contributed by atoms with Gasteiger partial charge in [0.25, 0.3) is 0 Å². The Hall–Kier alpha value is -3.11. The van der Waals surface area contributed by atoms with E-state index in [1.807, 2.05) is 65.8 Å². The molecule has 0 bridgehead atoms. The first-order valence-corrected chi connectivity index (χ1v) is 14.0. The van der Waals surface area contributed by atoms with Gasteiger partial charge in [0.1, 0.15) is 23.8 Å². The number of aliphatic hydroxyl groups excluding tert-OH is 1. The summed E-state index contributed by atoms with van der Waals surface area (Å²) in [4.78, 5) is 33.9. The zero-order valence-corrected chi connectivity index (χ0v) is 24.3. The van der Waals surface area contributed by atoms with E-state index in [1.165, 1.54) is 0 Å². The van der Waals surface area contributed by atoms with Gasteiger partial charge in [-0.05, 0) is 36.3 Å². The number of nitrogens with zero attached hydrogens (tertiary/aromatic N) is 3. The van der Waals surface area contributed by atoms with Gasteiger partial charge in [-0.25, -0.2) is 9.37 Å². The zero-order valence-electron chi connectivity index (χ0n) is 23.4. The molecule has 1 unspecified atom stereocenters. The number of halogens is 1. The van der Waals surface area contributed by atoms with E-state index < -0.39 is 47.5 Å². The lowest BCUT2D eigenvalue weighted by Gasteiger charge is -2.35. The first-order valence-electron chi connectivity index (χ1n) is 13.2. The highest BCUT2D eigenvalue weighted by molar-refractivity contribution is 7.13. The number of rotatable bonds is 7. The van der Waals surface area contributed by atoms with Crippen molar-refractivity contribution in [1.29, 1.82) is 0 Å². The molecule has 1 saturated heterocycles. The van der Waals surface area contributed by atoms with E-state index in [9.17, 15) is 14.7 Å². The van der Waals surface area contributed by atoms with Gasteiger partial charge in [-0.1, -0.05) is 64.0 Å². The number of carbonyl (C=O) groups is 2. The standard InChI is InChI=1S/C29H37FN4O4S/c1-15(2)22(21-12-16(3)33-38-21)28(37)34-13-20(35)23(30)24(34)27(36)32-26(29(5,6)7)19-10-8-18(9-11-19)25-17(4)31-14-39-25/h8-12,14-15,20,22-24,26,35H,13H2,1-7H3,(H,32,36)/t20-,22+,23-,24-,26?/m0/s1. The summed E-state index contributed by atoms with van der Waals surface area (Å²) in [7, 11) is 0. The summed E-state index contributed by atoms with van der Waals surface area (Å²) in [6.07, 6.45) is -3.39. The van der Waals surface area contributed by atoms with Crippen LogP contribution < -0.4 is 5.32 Å². The maximum absolute atomic E-state index is 15.4. The molecule has 4 rings (SSSR count). The molecular formula is C29H37FN4O4S. The molecule has 0 aliphatic carbocycles. The molecule has 39 heavy (non-hydrogen) atoms. The monoisotopic (exact) mass is 556 g/mol. The number of alkyl halides is 1. The SMILES string of the molecule is Cc1cc([C@H](C(=O)N2C[C@H](O)[C@H](F)[C@H]2C(=O)NC(c2ccc(-c3scnc3C)cc2)C(C)(C)C)C(C)C)on1. The van der Waals surface area contributed by atoms with Gasteiger partial charge in [0.05, 0.1) is 34.4 Å². The van der Waals surface area contributed by atoms with Gasteiger partial charge < -0.3 is 19.8 Å². The lowest BCUT2D eigenvalue weighted by Crippen LogP contribution is -2.52. The topological polar surface area (TPSA) is 109 Å². The Balaban J connectivity index is 1.61. The van der Waals surface area contributed by atoms with Gasteiger partial charge in [0, 0.05) is 6.07 Å². The highest BCUT2D eigenvalue weighted by Gasteiger charge is 2.50. The highest BCUT2D eigenvalue weighted by atomic mass is 32.1. The molecule has 2 amide bonds. The summed E-state index contributed by atoms with van der Waals surface area (Å²) in [5, 5.41) is 17.3. The summed E-state index contributed by atoms with van der Waals surface area (Å²) in [5.74, 6) is -1.73. The van der Waals surface area contributed by atoms with E-state index >= 15 is 4.39 Å². The minimum Gasteiger partial charge on any atom is -0.388 e. The third kappa shape index (κ3) is 5.91. The lowest BCUT2D eigenvalue weighted by atomic mass is 9.82. The number of aromatic nitrogens is 2. The maximum atomic E-state index is 15.4. The fourth-order valence-electron chi connectivity index (χ4n) is 5.19. The molecule has 0 saturated carbocycles. The molecule has 2 N–H and O–H groups in total. The number of carbonyl (C=O) groups excluding carboxylic acids is 2. The van der Waals surface area contributed by atoms with Crippen molar-refractivity contribution in [2.45, 2.75) is 78.7 Å². The fraction of sp³-hybridized carbons (Fsp3) is 0.517. The van der Waals surface area contributed by atoms with Crippen molar-refractivity contribution < 1.29 is 23.6 Å². The van der Waals surface area contributed by atoms with Crippen molar-refractivity contribution in [3.8, 4) is 10.4 Å². The van der Waals surface area contributed by atoms with Gasteiger partial charge in [0.2, 0.25) is 11.8 Å². The Kier molecular flexibility index (Phi) is 8.28. The molecule has 3 heterocycles. The predicted molar refractivity (Wildman–Crippen MR) is 148 cm³/mol. The van der Waals surface area contributed by atoms with Gasteiger partial charge in [-0.15, -0.1) is 11.3 Å². The normalized spacial score (nSPS) is 21.3. The van der Waals surface area contributed by atoms with Crippen LogP contribution in [-0.4, -0.2) is 56.8 Å². The second-order valence-corrected chi connectivity index (χ2v) is 12.6. The number of β-amino-alcohol motifs (C(OH)–C–C–N with tert-alkyl or cyclic N) is 1. The van der Waals surface area contributed by atoms with Crippen LogP contribution in [0.4, 0.5) is 4.39 Å². The number of thiazole rings is 1. The molecule has 2 aromatic heterocycles. The van der Waals surface area contributed by atoms with E-state index in [2.05, 4.69) is 15.5 Å². The number of hydrogen-bond acceptors (Lipinski definition) is 7. The number of aryl methyl sites for hydroxylation is 2. The zero-order chi connectivity index (χ0) is 28.6. The average Bonchev–Trinajstić information content (AvgIpc) is 3.56. The van der Waals surface area contributed by atoms with Gasteiger partial charge >= 0.3 is 0 Å². The van der Waals surface area contributed by atoms with E-state index in [1.54, 1.807) is 29.8 Å². The smallest absolute Gasteiger partial charge is 0.246 e. The third-order valence-electron chi connectivity index (χ3n) is 7.23. The summed E-state index contributed by atoms with van der Waals surface area (Å²) in [5.41, 5.74) is 4.83. The first kappa shape index (κ1) is 28.9. The molecule has 1 fully saturated rings. The molecule has 1 aliphatic heterocycles. The van der Waals surface area contributed by atoms with Crippen molar-refractivity contribution in [2.75, 3.05) is 6.54 Å². The van der Waals surface area contributed by atoms with Crippen molar-refractivity contribution in [1.82, 2.24) is 20.4 Å². The number of benzene rings is 1. The van der Waals surface area contributed by atoms with Crippen molar-refractivity contribution in [2.24, 2.45) is 11.3 Å². The van der Waals surface area contributed by atoms with E-state index in [4.69, 9.17) is 4.52 Å². The van der Waals surface area contributed by atoms with Crippen LogP contribution in [0.2, 0.25) is 0 Å². The van der Waals surface area contributed by atoms with Crippen LogP contribution in [0.1, 0.15) is 69.3 Å². The molecule has 0 spiro atoms. The van der Waals surface area contributed by atoms with Crippen LogP contribution in [0.3, 0.4) is 0 Å². The van der Waals surface area contributed by atoms with Crippen LogP contribution in [0.5, 0.6) is 0 Å². The number of aliphatic hydroxyl groups is 1. The number of nitrogens with one attached hydrogen (secondary N) is 1. The minimum atomic E-state index is -1.92. The number of hydrogen-bond donors (Lipinski definition) is 2. The first-order chi connectivity index (χ1) is 18.3. The Morgan fingerprint density at radius 3 is 2.38 bits per heavy atom. The second-order valence-electron chi connectivity index (χ2n) is 11.7. The van der Waals surface area contributed by atoms with Gasteiger partial charge in [0.15, 0.2) is 6.17 Å². The predicted octanol–water partition coefficient (Wildman–Crippen LogP) is 4.97. The molecule has 1 aliphatic rings. The molecule has 8 nitrogen and oxygen atoms in total. The molecule has 3 aromatic rings. The third-order valence-corrected chi connectivity index (χ3v) is 8.21. The van der Waals surface area contributed by atoms with E-state index in [-0.39, 0.29) is 12.5 Å². The number of likely N-dealkylation sites (tertiary alicyclic amines) is 1. The quantitative estimate of drug-likeness (QED) is 0.426. The van der Waals surface area contributed by atoms with Crippen molar-refractivity contribution >= 4 is 23.2 Å². The lowest BCUT2D eigenvalue weighted by molar-refractivity contribution is -0.142. The van der Waals surface area contributed by atoms with Crippen LogP contribution in [-0.2, 0) is 9.59 Å². The molecule has 5 atom stereocenters. The maximum Gasteiger partial charge on any atom is 0.246 e. The average molecular weight is 557 g/mol. The molecule has 10 heteroatoms. The Morgan fingerprint density at radius 2 is 1.87 bits per heavy atom. The van der Waals surface area contributed by atoms with Crippen LogP contribution in [0, 0.1) is 25.2 Å². The minimum absolute atomic E-state index is 0.201. The molecular weight excluding hydrogens is 519 g/mol. The van der Waals surface area contributed by atoms with Crippen LogP contribution in [0.15, 0.2) is 40.4 Å². The summed E-state index contributed by atoms with van der Waals surface area (Å²) < 4.78 is 20.7. The van der Waals surface area contributed by atoms with Crippen LogP contribution in [0.25, 0.3) is 10.4 Å². The van der Waals surface area contributed by atoms with Crippen molar-refractivity contribution in [3.05, 3.63) is 58.6 Å². The largest absolute Gasteiger partial charge is 0.388 e. The van der Waals surface area contributed by atoms with Gasteiger partial charge in [-0.3, -0.25) is 9.59 Å².